The third kappa shape index (κ3) is 5.98. The van der Waals surface area contributed by atoms with Crippen LogP contribution in [0.25, 0.3) is 0 Å². The molecule has 4 N–H and O–H groups in total. The molecule has 0 bridgehead atoms. The highest BCUT2D eigenvalue weighted by atomic mass is 19.1. The van der Waals surface area contributed by atoms with E-state index < -0.39 is 5.82 Å². The van der Waals surface area contributed by atoms with E-state index in [-0.39, 0.29) is 35.9 Å². The molecule has 7 nitrogen and oxygen atoms in total. The quantitative estimate of drug-likeness (QED) is 0.659. The first kappa shape index (κ1) is 20.7. The SMILES string of the molecule is N[C@@H]1CCC[C@H]1CC(=O)Nc1ccc(F)c(NC(=O)CCN2CCOCC2)c1. The van der Waals surface area contributed by atoms with E-state index in [2.05, 4.69) is 15.5 Å². The number of benzene rings is 1. The van der Waals surface area contributed by atoms with Crippen LogP contribution in [0.3, 0.4) is 0 Å². The topological polar surface area (TPSA) is 96.7 Å². The van der Waals surface area contributed by atoms with Gasteiger partial charge in [-0.2, -0.15) is 0 Å². The highest BCUT2D eigenvalue weighted by Gasteiger charge is 2.26. The van der Waals surface area contributed by atoms with Gasteiger partial charge in [0.1, 0.15) is 5.82 Å². The second-order valence-electron chi connectivity index (χ2n) is 7.55. The molecular weight excluding hydrogens is 363 g/mol. The van der Waals surface area contributed by atoms with Crippen molar-refractivity contribution in [3.05, 3.63) is 24.0 Å². The van der Waals surface area contributed by atoms with Crippen LogP contribution in [0.1, 0.15) is 32.1 Å². The van der Waals surface area contributed by atoms with Gasteiger partial charge in [0.25, 0.3) is 0 Å². The van der Waals surface area contributed by atoms with Crippen LogP contribution in [0.5, 0.6) is 0 Å². The number of ether oxygens (including phenoxy) is 1. The summed E-state index contributed by atoms with van der Waals surface area (Å²) in [6.45, 7) is 3.55. The smallest absolute Gasteiger partial charge is 0.225 e. The van der Waals surface area contributed by atoms with Gasteiger partial charge in [-0.25, -0.2) is 4.39 Å². The lowest BCUT2D eigenvalue weighted by Crippen LogP contribution is -2.38. The number of halogens is 1. The molecule has 0 radical (unpaired) electrons. The predicted octanol–water partition coefficient (Wildman–Crippen LogP) is 1.94. The zero-order chi connectivity index (χ0) is 19.9. The molecule has 1 heterocycles. The van der Waals surface area contributed by atoms with Crippen LogP contribution in [0.4, 0.5) is 15.8 Å². The maximum Gasteiger partial charge on any atom is 0.225 e. The monoisotopic (exact) mass is 392 g/mol. The molecule has 2 fully saturated rings. The van der Waals surface area contributed by atoms with Crippen molar-refractivity contribution in [2.75, 3.05) is 43.5 Å². The normalized spacial score (nSPS) is 22.8. The maximum atomic E-state index is 14.1. The van der Waals surface area contributed by atoms with Gasteiger partial charge in [0.15, 0.2) is 0 Å². The van der Waals surface area contributed by atoms with Crippen LogP contribution in [0.15, 0.2) is 18.2 Å². The Hall–Kier alpha value is -2.03. The minimum absolute atomic E-state index is 0.0697. The second-order valence-corrected chi connectivity index (χ2v) is 7.55. The van der Waals surface area contributed by atoms with E-state index in [1.54, 1.807) is 0 Å². The van der Waals surface area contributed by atoms with Crippen molar-refractivity contribution in [1.29, 1.82) is 0 Å². The molecular formula is C20H29FN4O3. The van der Waals surface area contributed by atoms with Crippen LogP contribution < -0.4 is 16.4 Å². The Morgan fingerprint density at radius 3 is 2.68 bits per heavy atom. The fourth-order valence-electron chi connectivity index (χ4n) is 3.77. The van der Waals surface area contributed by atoms with E-state index in [0.29, 0.717) is 31.9 Å². The average Bonchev–Trinajstić information content (AvgIpc) is 3.08. The molecule has 2 aliphatic rings. The molecule has 0 aromatic heterocycles. The lowest BCUT2D eigenvalue weighted by molar-refractivity contribution is -0.117. The molecule has 1 aromatic rings. The third-order valence-electron chi connectivity index (χ3n) is 5.45. The minimum Gasteiger partial charge on any atom is -0.379 e. The summed E-state index contributed by atoms with van der Waals surface area (Å²) in [5.74, 6) is -0.736. The first-order chi connectivity index (χ1) is 13.5. The maximum absolute atomic E-state index is 14.1. The van der Waals surface area contributed by atoms with Crippen molar-refractivity contribution in [3.8, 4) is 0 Å². The summed E-state index contributed by atoms with van der Waals surface area (Å²) in [5, 5.41) is 5.38. The molecule has 8 heteroatoms. The van der Waals surface area contributed by atoms with Crippen molar-refractivity contribution < 1.29 is 18.7 Å². The molecule has 2 amide bonds. The molecule has 3 rings (SSSR count). The van der Waals surface area contributed by atoms with Crippen LogP contribution >= 0.6 is 0 Å². The van der Waals surface area contributed by atoms with Gasteiger partial charge < -0.3 is 21.1 Å². The van der Waals surface area contributed by atoms with Gasteiger partial charge >= 0.3 is 0 Å². The number of rotatable bonds is 7. The number of hydrogen-bond acceptors (Lipinski definition) is 5. The van der Waals surface area contributed by atoms with Gasteiger partial charge in [-0.1, -0.05) is 6.42 Å². The van der Waals surface area contributed by atoms with Gasteiger partial charge in [-0.15, -0.1) is 0 Å². The largest absolute Gasteiger partial charge is 0.379 e. The van der Waals surface area contributed by atoms with Crippen LogP contribution in [-0.2, 0) is 14.3 Å². The Bertz CT molecular complexity index is 694. The Labute approximate surface area is 164 Å². The lowest BCUT2D eigenvalue weighted by Gasteiger charge is -2.26. The number of carbonyl (C=O) groups excluding carboxylic acids is 2. The number of nitrogens with two attached hydrogens (primary N) is 1. The summed E-state index contributed by atoms with van der Waals surface area (Å²) in [4.78, 5) is 26.6. The van der Waals surface area contributed by atoms with E-state index in [4.69, 9.17) is 10.5 Å². The zero-order valence-electron chi connectivity index (χ0n) is 16.1. The van der Waals surface area contributed by atoms with Crippen molar-refractivity contribution in [2.45, 2.75) is 38.1 Å². The van der Waals surface area contributed by atoms with Crippen molar-refractivity contribution in [1.82, 2.24) is 4.90 Å². The first-order valence-electron chi connectivity index (χ1n) is 9.96. The van der Waals surface area contributed by atoms with Crippen molar-refractivity contribution in [2.24, 2.45) is 11.7 Å². The van der Waals surface area contributed by atoms with E-state index in [9.17, 15) is 14.0 Å². The number of nitrogens with one attached hydrogen (secondary N) is 2. The fourth-order valence-corrected chi connectivity index (χ4v) is 3.77. The second kappa shape index (κ2) is 9.95. The molecule has 1 aliphatic carbocycles. The molecule has 0 spiro atoms. The Morgan fingerprint density at radius 2 is 1.96 bits per heavy atom. The summed E-state index contributed by atoms with van der Waals surface area (Å²) < 4.78 is 19.3. The van der Waals surface area contributed by atoms with Gasteiger partial charge in [-0.05, 0) is 37.0 Å². The number of carbonyl (C=O) groups is 2. The average molecular weight is 392 g/mol. The molecule has 154 valence electrons. The number of anilines is 2. The molecule has 2 atom stereocenters. The highest BCUT2D eigenvalue weighted by molar-refractivity contribution is 5.94. The van der Waals surface area contributed by atoms with E-state index >= 15 is 0 Å². The molecule has 0 unspecified atom stereocenters. The van der Waals surface area contributed by atoms with Crippen LogP contribution in [0.2, 0.25) is 0 Å². The third-order valence-corrected chi connectivity index (χ3v) is 5.45. The standard InChI is InChI=1S/C20H29FN4O3/c21-16-5-4-15(23-20(27)12-14-2-1-3-17(14)22)13-18(16)24-19(26)6-7-25-8-10-28-11-9-25/h4-5,13-14,17H,1-3,6-12,22H2,(H,23,27)(H,24,26)/t14-,17+/m0/s1. The number of morpholine rings is 1. The van der Waals surface area contributed by atoms with E-state index in [1.807, 2.05) is 0 Å². The van der Waals surface area contributed by atoms with E-state index in [1.165, 1.54) is 18.2 Å². The predicted molar refractivity (Wildman–Crippen MR) is 105 cm³/mol. The first-order valence-corrected chi connectivity index (χ1v) is 9.96. The van der Waals surface area contributed by atoms with Gasteiger partial charge in [-0.3, -0.25) is 14.5 Å². The summed E-state index contributed by atoms with van der Waals surface area (Å²) in [5.41, 5.74) is 6.55. The van der Waals surface area contributed by atoms with Gasteiger partial charge in [0.2, 0.25) is 11.8 Å². The minimum atomic E-state index is -0.532. The Kier molecular flexibility index (Phi) is 7.36. The number of amides is 2. The number of hydrogen-bond donors (Lipinski definition) is 3. The zero-order valence-corrected chi connectivity index (χ0v) is 16.1. The fraction of sp³-hybridized carbons (Fsp3) is 0.600. The number of nitrogens with zero attached hydrogens (tertiary/aromatic N) is 1. The molecule has 1 saturated carbocycles. The van der Waals surface area contributed by atoms with Crippen molar-refractivity contribution in [3.63, 3.8) is 0 Å². The van der Waals surface area contributed by atoms with Crippen molar-refractivity contribution >= 4 is 23.2 Å². The van der Waals surface area contributed by atoms with Gasteiger partial charge in [0.05, 0.1) is 18.9 Å². The van der Waals surface area contributed by atoms with Gasteiger partial charge in [0, 0.05) is 44.2 Å². The summed E-state index contributed by atoms with van der Waals surface area (Å²) >= 11 is 0. The van der Waals surface area contributed by atoms with Crippen LogP contribution in [-0.4, -0.2) is 55.6 Å². The highest BCUT2D eigenvalue weighted by Crippen LogP contribution is 2.27. The Morgan fingerprint density at radius 1 is 1.18 bits per heavy atom. The lowest BCUT2D eigenvalue weighted by atomic mass is 10.00. The van der Waals surface area contributed by atoms with Crippen LogP contribution in [0, 0.1) is 11.7 Å². The Balaban J connectivity index is 1.50. The molecule has 1 saturated heterocycles. The summed E-state index contributed by atoms with van der Waals surface area (Å²) in [6.07, 6.45) is 3.60. The molecule has 1 aromatic carbocycles. The molecule has 28 heavy (non-hydrogen) atoms. The van der Waals surface area contributed by atoms with E-state index in [0.717, 1.165) is 32.4 Å². The summed E-state index contributed by atoms with van der Waals surface area (Å²) in [6, 6.07) is 4.26. The molecule has 1 aliphatic heterocycles. The summed E-state index contributed by atoms with van der Waals surface area (Å²) in [7, 11) is 0.